The molecule has 1 heterocycles. The predicted octanol–water partition coefficient (Wildman–Crippen LogP) is 2.34. The number of hydrogen-bond acceptors (Lipinski definition) is 3. The van der Waals surface area contributed by atoms with E-state index in [1.165, 1.54) is 18.5 Å². The standard InChI is InChI=1S/C14H13FN2O2/c1-9-13(17-7-6-16-9)11(14(18)19)8-10-4-2-3-5-12(10)15/h2-7,11H,8H2,1H3,(H,18,19). The van der Waals surface area contributed by atoms with Gasteiger partial charge in [0.2, 0.25) is 0 Å². The first kappa shape index (κ1) is 13.1. The highest BCUT2D eigenvalue weighted by Gasteiger charge is 2.25. The van der Waals surface area contributed by atoms with Crippen LogP contribution in [0.15, 0.2) is 36.7 Å². The molecule has 0 saturated heterocycles. The van der Waals surface area contributed by atoms with E-state index in [1.54, 1.807) is 25.1 Å². The van der Waals surface area contributed by atoms with Gasteiger partial charge in [0.15, 0.2) is 0 Å². The van der Waals surface area contributed by atoms with Crippen molar-refractivity contribution in [1.82, 2.24) is 9.97 Å². The van der Waals surface area contributed by atoms with E-state index < -0.39 is 17.7 Å². The number of carbonyl (C=O) groups is 1. The SMILES string of the molecule is Cc1nccnc1C(Cc1ccccc1F)C(=O)O. The first-order valence-corrected chi connectivity index (χ1v) is 5.83. The van der Waals surface area contributed by atoms with Gasteiger partial charge >= 0.3 is 5.97 Å². The Morgan fingerprint density at radius 1 is 1.32 bits per heavy atom. The number of aryl methyl sites for hydroxylation is 1. The highest BCUT2D eigenvalue weighted by atomic mass is 19.1. The monoisotopic (exact) mass is 260 g/mol. The minimum absolute atomic E-state index is 0.0571. The molecule has 1 N–H and O–H groups in total. The summed E-state index contributed by atoms with van der Waals surface area (Å²) in [6, 6.07) is 6.15. The number of halogens is 1. The van der Waals surface area contributed by atoms with Crippen LogP contribution in [-0.4, -0.2) is 21.0 Å². The van der Waals surface area contributed by atoms with Crippen LogP contribution in [0.1, 0.15) is 22.9 Å². The van der Waals surface area contributed by atoms with Gasteiger partial charge in [0.05, 0.1) is 11.4 Å². The molecule has 1 unspecified atom stereocenters. The van der Waals surface area contributed by atoms with Gasteiger partial charge in [-0.3, -0.25) is 14.8 Å². The van der Waals surface area contributed by atoms with Crippen LogP contribution in [0.5, 0.6) is 0 Å². The Labute approximate surface area is 110 Å². The molecule has 5 heteroatoms. The summed E-state index contributed by atoms with van der Waals surface area (Å²) in [7, 11) is 0. The van der Waals surface area contributed by atoms with Gasteiger partial charge in [0, 0.05) is 12.4 Å². The van der Waals surface area contributed by atoms with Crippen molar-refractivity contribution < 1.29 is 14.3 Å². The van der Waals surface area contributed by atoms with Gasteiger partial charge in [0.1, 0.15) is 11.7 Å². The molecule has 1 aromatic carbocycles. The Kier molecular flexibility index (Phi) is 3.85. The van der Waals surface area contributed by atoms with E-state index in [9.17, 15) is 14.3 Å². The van der Waals surface area contributed by atoms with Crippen molar-refractivity contribution >= 4 is 5.97 Å². The van der Waals surface area contributed by atoms with Crippen LogP contribution in [0.3, 0.4) is 0 Å². The zero-order chi connectivity index (χ0) is 13.8. The third-order valence-corrected chi connectivity index (χ3v) is 2.93. The minimum Gasteiger partial charge on any atom is -0.481 e. The van der Waals surface area contributed by atoms with Crippen molar-refractivity contribution in [2.24, 2.45) is 0 Å². The van der Waals surface area contributed by atoms with Crippen LogP contribution < -0.4 is 0 Å². The average molecular weight is 260 g/mol. The summed E-state index contributed by atoms with van der Waals surface area (Å²) in [5.41, 5.74) is 1.28. The van der Waals surface area contributed by atoms with Crippen LogP contribution in [0.2, 0.25) is 0 Å². The summed E-state index contributed by atoms with van der Waals surface area (Å²) >= 11 is 0. The summed E-state index contributed by atoms with van der Waals surface area (Å²) in [6.07, 6.45) is 3.00. The van der Waals surface area contributed by atoms with Crippen LogP contribution in [0, 0.1) is 12.7 Å². The number of carboxylic acid groups (broad SMARTS) is 1. The van der Waals surface area contributed by atoms with Gasteiger partial charge in [-0.05, 0) is 25.0 Å². The van der Waals surface area contributed by atoms with E-state index in [1.807, 2.05) is 0 Å². The molecule has 2 aromatic rings. The molecule has 4 nitrogen and oxygen atoms in total. The number of nitrogens with zero attached hydrogens (tertiary/aromatic N) is 2. The molecule has 1 aromatic heterocycles. The van der Waals surface area contributed by atoms with Gasteiger partial charge in [-0.15, -0.1) is 0 Å². The van der Waals surface area contributed by atoms with Gasteiger partial charge in [-0.2, -0.15) is 0 Å². The highest BCUT2D eigenvalue weighted by Crippen LogP contribution is 2.22. The lowest BCUT2D eigenvalue weighted by Crippen LogP contribution is -2.18. The number of aliphatic carboxylic acids is 1. The Hall–Kier alpha value is -2.30. The van der Waals surface area contributed by atoms with Gasteiger partial charge in [-0.25, -0.2) is 4.39 Å². The fraction of sp³-hybridized carbons (Fsp3) is 0.214. The molecule has 0 aliphatic rings. The average Bonchev–Trinajstić information content (AvgIpc) is 2.38. The molecule has 1 atom stereocenters. The van der Waals surface area contributed by atoms with Crippen LogP contribution >= 0.6 is 0 Å². The number of hydrogen-bond donors (Lipinski definition) is 1. The predicted molar refractivity (Wildman–Crippen MR) is 67.2 cm³/mol. The minimum atomic E-state index is -1.04. The molecule has 19 heavy (non-hydrogen) atoms. The molecule has 0 aliphatic heterocycles. The molecule has 0 spiro atoms. The summed E-state index contributed by atoms with van der Waals surface area (Å²) in [5.74, 6) is -2.34. The zero-order valence-electron chi connectivity index (χ0n) is 10.4. The molecular weight excluding hydrogens is 247 g/mol. The second-order valence-corrected chi connectivity index (χ2v) is 4.21. The lowest BCUT2D eigenvalue weighted by Gasteiger charge is -2.13. The molecule has 0 radical (unpaired) electrons. The molecule has 0 aliphatic carbocycles. The highest BCUT2D eigenvalue weighted by molar-refractivity contribution is 5.76. The van der Waals surface area contributed by atoms with E-state index in [2.05, 4.69) is 9.97 Å². The quantitative estimate of drug-likeness (QED) is 0.916. The number of rotatable bonds is 4. The maximum absolute atomic E-state index is 13.6. The van der Waals surface area contributed by atoms with Gasteiger partial charge < -0.3 is 5.11 Å². The van der Waals surface area contributed by atoms with Crippen molar-refractivity contribution in [3.63, 3.8) is 0 Å². The Balaban J connectivity index is 2.35. The molecule has 98 valence electrons. The van der Waals surface area contributed by atoms with Gasteiger partial charge in [0.25, 0.3) is 0 Å². The molecule has 0 saturated carbocycles. The number of aromatic nitrogens is 2. The third-order valence-electron chi connectivity index (χ3n) is 2.93. The van der Waals surface area contributed by atoms with E-state index in [0.717, 1.165) is 0 Å². The van der Waals surface area contributed by atoms with E-state index in [4.69, 9.17) is 0 Å². The number of benzene rings is 1. The van der Waals surface area contributed by atoms with Crippen molar-refractivity contribution in [2.45, 2.75) is 19.3 Å². The lowest BCUT2D eigenvalue weighted by molar-refractivity contribution is -0.138. The molecular formula is C14H13FN2O2. The lowest BCUT2D eigenvalue weighted by atomic mass is 9.94. The normalized spacial score (nSPS) is 12.1. The fourth-order valence-electron chi connectivity index (χ4n) is 1.95. The van der Waals surface area contributed by atoms with Crippen molar-refractivity contribution in [3.8, 4) is 0 Å². The second-order valence-electron chi connectivity index (χ2n) is 4.21. The summed E-state index contributed by atoms with van der Waals surface area (Å²) < 4.78 is 13.6. The summed E-state index contributed by atoms with van der Waals surface area (Å²) in [6.45, 7) is 1.69. The van der Waals surface area contributed by atoms with Crippen molar-refractivity contribution in [1.29, 1.82) is 0 Å². The molecule has 0 bridgehead atoms. The Bertz CT molecular complexity index is 602. The first-order valence-electron chi connectivity index (χ1n) is 5.83. The second kappa shape index (κ2) is 5.56. The van der Waals surface area contributed by atoms with Crippen LogP contribution in [-0.2, 0) is 11.2 Å². The molecule has 2 rings (SSSR count). The fourth-order valence-corrected chi connectivity index (χ4v) is 1.95. The Morgan fingerprint density at radius 3 is 2.63 bits per heavy atom. The smallest absolute Gasteiger partial charge is 0.313 e. The molecule has 0 amide bonds. The maximum atomic E-state index is 13.6. The van der Waals surface area contributed by atoms with Crippen LogP contribution in [0.4, 0.5) is 4.39 Å². The Morgan fingerprint density at radius 2 is 2.00 bits per heavy atom. The van der Waals surface area contributed by atoms with Crippen LogP contribution in [0.25, 0.3) is 0 Å². The molecule has 0 fully saturated rings. The largest absolute Gasteiger partial charge is 0.481 e. The van der Waals surface area contributed by atoms with Gasteiger partial charge in [-0.1, -0.05) is 18.2 Å². The van der Waals surface area contributed by atoms with E-state index in [-0.39, 0.29) is 6.42 Å². The van der Waals surface area contributed by atoms with E-state index >= 15 is 0 Å². The zero-order valence-corrected chi connectivity index (χ0v) is 10.4. The topological polar surface area (TPSA) is 63.1 Å². The van der Waals surface area contributed by atoms with Crippen molar-refractivity contribution in [3.05, 3.63) is 59.4 Å². The number of carboxylic acids is 1. The maximum Gasteiger partial charge on any atom is 0.313 e. The summed E-state index contributed by atoms with van der Waals surface area (Å²) in [4.78, 5) is 19.5. The first-order chi connectivity index (χ1) is 9.09. The van der Waals surface area contributed by atoms with E-state index in [0.29, 0.717) is 17.0 Å². The van der Waals surface area contributed by atoms with Crippen molar-refractivity contribution in [2.75, 3.05) is 0 Å². The third kappa shape index (κ3) is 2.93. The summed E-state index contributed by atoms with van der Waals surface area (Å²) in [5, 5.41) is 9.31.